The first-order valence-corrected chi connectivity index (χ1v) is 8.24. The SMILES string of the molecule is CCOP(=O)(OCC)SCC(C)CC. The number of rotatable bonds is 8. The summed E-state index contributed by atoms with van der Waals surface area (Å²) < 4.78 is 22.3. The van der Waals surface area contributed by atoms with E-state index >= 15 is 0 Å². The molecule has 1 atom stereocenters. The highest BCUT2D eigenvalue weighted by Crippen LogP contribution is 2.60. The summed E-state index contributed by atoms with van der Waals surface area (Å²) in [5.41, 5.74) is 0. The van der Waals surface area contributed by atoms with Crippen molar-refractivity contribution in [3.63, 3.8) is 0 Å². The van der Waals surface area contributed by atoms with Crippen LogP contribution in [0.1, 0.15) is 34.1 Å². The van der Waals surface area contributed by atoms with Gasteiger partial charge in [-0.3, -0.25) is 0 Å². The van der Waals surface area contributed by atoms with Gasteiger partial charge in [-0.1, -0.05) is 20.3 Å². The van der Waals surface area contributed by atoms with Crippen LogP contribution in [0.2, 0.25) is 0 Å². The molecule has 86 valence electrons. The van der Waals surface area contributed by atoms with Crippen molar-refractivity contribution in [1.29, 1.82) is 0 Å². The van der Waals surface area contributed by atoms with E-state index < -0.39 is 6.80 Å². The van der Waals surface area contributed by atoms with Crippen molar-refractivity contribution in [2.45, 2.75) is 34.1 Å². The summed E-state index contributed by atoms with van der Waals surface area (Å²) in [6.07, 6.45) is 1.09. The van der Waals surface area contributed by atoms with E-state index in [0.29, 0.717) is 19.1 Å². The van der Waals surface area contributed by atoms with Gasteiger partial charge in [0, 0.05) is 5.75 Å². The lowest BCUT2D eigenvalue weighted by molar-refractivity contribution is 0.237. The molecule has 0 rings (SSSR count). The molecule has 0 aliphatic rings. The van der Waals surface area contributed by atoms with Gasteiger partial charge < -0.3 is 9.05 Å². The molecular weight excluding hydrogens is 219 g/mol. The van der Waals surface area contributed by atoms with Crippen LogP contribution in [0, 0.1) is 5.92 Å². The van der Waals surface area contributed by atoms with E-state index in [4.69, 9.17) is 9.05 Å². The Morgan fingerprint density at radius 1 is 1.21 bits per heavy atom. The highest BCUT2D eigenvalue weighted by molar-refractivity contribution is 8.55. The minimum atomic E-state index is -2.87. The zero-order chi connectivity index (χ0) is 11.0. The molecule has 0 aromatic rings. The molecule has 0 aliphatic heterocycles. The van der Waals surface area contributed by atoms with Gasteiger partial charge in [-0.15, -0.1) is 0 Å². The van der Waals surface area contributed by atoms with Gasteiger partial charge in [-0.2, -0.15) is 0 Å². The molecule has 0 heterocycles. The van der Waals surface area contributed by atoms with Gasteiger partial charge in [0.15, 0.2) is 0 Å². The van der Waals surface area contributed by atoms with Crippen LogP contribution in [0.5, 0.6) is 0 Å². The third-order valence-electron chi connectivity index (χ3n) is 1.79. The van der Waals surface area contributed by atoms with Crippen molar-refractivity contribution < 1.29 is 13.6 Å². The van der Waals surface area contributed by atoms with Gasteiger partial charge in [0.1, 0.15) is 0 Å². The van der Waals surface area contributed by atoms with Crippen LogP contribution < -0.4 is 0 Å². The predicted octanol–water partition coefficient (Wildman–Crippen LogP) is 3.95. The molecule has 0 aromatic heterocycles. The minimum absolute atomic E-state index is 0.435. The van der Waals surface area contributed by atoms with Gasteiger partial charge >= 0.3 is 6.80 Å². The second-order valence-electron chi connectivity index (χ2n) is 3.09. The normalized spacial score (nSPS) is 14.3. The van der Waals surface area contributed by atoms with Gasteiger partial charge in [-0.25, -0.2) is 4.57 Å². The summed E-state index contributed by atoms with van der Waals surface area (Å²) in [7, 11) is 0. The Bertz CT molecular complexity index is 177. The fourth-order valence-corrected chi connectivity index (χ4v) is 4.68. The molecule has 3 nitrogen and oxygen atoms in total. The molecule has 0 spiro atoms. The molecule has 0 aromatic carbocycles. The van der Waals surface area contributed by atoms with Crippen LogP contribution in [-0.2, 0) is 13.6 Å². The van der Waals surface area contributed by atoms with E-state index in [2.05, 4.69) is 13.8 Å². The highest BCUT2D eigenvalue weighted by Gasteiger charge is 2.24. The Balaban J connectivity index is 4.02. The van der Waals surface area contributed by atoms with Gasteiger partial charge in [-0.05, 0) is 31.1 Å². The number of hydrogen-bond acceptors (Lipinski definition) is 4. The first-order valence-electron chi connectivity index (χ1n) is 5.11. The van der Waals surface area contributed by atoms with E-state index in [1.165, 1.54) is 11.4 Å². The van der Waals surface area contributed by atoms with Gasteiger partial charge in [0.05, 0.1) is 13.2 Å². The van der Waals surface area contributed by atoms with Crippen LogP contribution >= 0.6 is 18.2 Å². The molecule has 0 N–H and O–H groups in total. The summed E-state index contributed by atoms with van der Waals surface area (Å²) >= 11 is 1.32. The number of hydrogen-bond donors (Lipinski definition) is 0. The van der Waals surface area contributed by atoms with Crippen LogP contribution in [0.3, 0.4) is 0 Å². The van der Waals surface area contributed by atoms with E-state index in [9.17, 15) is 4.57 Å². The Labute approximate surface area is 91.2 Å². The maximum Gasteiger partial charge on any atom is 0.389 e. The molecule has 14 heavy (non-hydrogen) atoms. The lowest BCUT2D eigenvalue weighted by Crippen LogP contribution is -1.98. The maximum atomic E-state index is 12.0. The molecule has 1 unspecified atom stereocenters. The molecule has 0 saturated heterocycles. The Kier molecular flexibility index (Phi) is 8.02. The first kappa shape index (κ1) is 14.5. The lowest BCUT2D eigenvalue weighted by atomic mass is 10.2. The van der Waals surface area contributed by atoms with Crippen molar-refractivity contribution >= 4 is 18.2 Å². The standard InChI is InChI=1S/C9H21O3PS/c1-5-9(4)8-14-13(10,11-6-2)12-7-3/h9H,5-8H2,1-4H3. The molecule has 0 radical (unpaired) electrons. The van der Waals surface area contributed by atoms with Crippen molar-refractivity contribution in [2.24, 2.45) is 5.92 Å². The average Bonchev–Trinajstić information content (AvgIpc) is 2.15. The van der Waals surface area contributed by atoms with E-state index in [1.54, 1.807) is 0 Å². The summed E-state index contributed by atoms with van der Waals surface area (Å²) in [5.74, 6) is 1.38. The average molecular weight is 240 g/mol. The van der Waals surface area contributed by atoms with E-state index in [0.717, 1.165) is 12.2 Å². The molecule has 0 fully saturated rings. The monoisotopic (exact) mass is 240 g/mol. The topological polar surface area (TPSA) is 35.5 Å². The van der Waals surface area contributed by atoms with Gasteiger partial charge in [0.25, 0.3) is 0 Å². The first-order chi connectivity index (χ1) is 6.58. The van der Waals surface area contributed by atoms with Crippen molar-refractivity contribution in [3.05, 3.63) is 0 Å². The summed E-state index contributed by atoms with van der Waals surface area (Å²) in [5, 5.41) is 0. The maximum absolute atomic E-state index is 12.0. The van der Waals surface area contributed by atoms with E-state index in [1.807, 2.05) is 13.8 Å². The summed E-state index contributed by atoms with van der Waals surface area (Å²) in [6.45, 7) is 5.92. The third kappa shape index (κ3) is 6.07. The molecule has 0 saturated carbocycles. The Morgan fingerprint density at radius 3 is 2.07 bits per heavy atom. The molecule has 0 bridgehead atoms. The summed E-state index contributed by atoms with van der Waals surface area (Å²) in [6, 6.07) is 0. The van der Waals surface area contributed by atoms with E-state index in [-0.39, 0.29) is 0 Å². The second-order valence-corrected chi connectivity index (χ2v) is 7.21. The van der Waals surface area contributed by atoms with Crippen LogP contribution in [0.15, 0.2) is 0 Å². The second kappa shape index (κ2) is 7.75. The third-order valence-corrected chi connectivity index (χ3v) is 6.00. The zero-order valence-corrected chi connectivity index (χ0v) is 11.2. The Morgan fingerprint density at radius 2 is 1.71 bits per heavy atom. The summed E-state index contributed by atoms with van der Waals surface area (Å²) in [4.78, 5) is 0. The largest absolute Gasteiger partial charge is 0.389 e. The Hall–Kier alpha value is 0.500. The molecular formula is C9H21O3PS. The fraction of sp³-hybridized carbons (Fsp3) is 1.00. The molecule has 0 amide bonds. The quantitative estimate of drug-likeness (QED) is 0.602. The molecule has 5 heteroatoms. The van der Waals surface area contributed by atoms with Crippen molar-refractivity contribution in [1.82, 2.24) is 0 Å². The fourth-order valence-electron chi connectivity index (χ4n) is 0.764. The zero-order valence-electron chi connectivity index (χ0n) is 9.49. The smallest absolute Gasteiger partial charge is 0.301 e. The van der Waals surface area contributed by atoms with Crippen molar-refractivity contribution in [2.75, 3.05) is 19.0 Å². The molecule has 0 aliphatic carbocycles. The van der Waals surface area contributed by atoms with Crippen LogP contribution in [0.4, 0.5) is 0 Å². The highest BCUT2D eigenvalue weighted by atomic mass is 32.7. The van der Waals surface area contributed by atoms with Crippen LogP contribution in [-0.4, -0.2) is 19.0 Å². The van der Waals surface area contributed by atoms with Crippen LogP contribution in [0.25, 0.3) is 0 Å². The minimum Gasteiger partial charge on any atom is -0.301 e. The lowest BCUT2D eigenvalue weighted by Gasteiger charge is -2.17. The van der Waals surface area contributed by atoms with Gasteiger partial charge in [0.2, 0.25) is 0 Å². The predicted molar refractivity (Wildman–Crippen MR) is 62.8 cm³/mol. The van der Waals surface area contributed by atoms with Crippen molar-refractivity contribution in [3.8, 4) is 0 Å².